The quantitative estimate of drug-likeness (QED) is 0.577. The molecule has 0 bridgehead atoms. The SMILES string of the molecule is O=[N+]([O-])c1ccc(-c2nc3c(F)cc(F)cc3[nH]2)s1. The molecule has 2 heterocycles. The number of H-pyrrole nitrogens is 1. The van der Waals surface area contributed by atoms with E-state index >= 15 is 0 Å². The molecule has 0 aliphatic carbocycles. The van der Waals surface area contributed by atoms with Crippen LogP contribution in [0.15, 0.2) is 24.3 Å². The standard InChI is InChI=1S/C11H5F2N3O2S/c12-5-3-6(13)10-7(4-5)14-11(15-10)8-1-2-9(19-8)16(17)18/h1-4H,(H,14,15). The summed E-state index contributed by atoms with van der Waals surface area (Å²) in [6.45, 7) is 0. The Hall–Kier alpha value is -2.35. The van der Waals surface area contributed by atoms with E-state index in [4.69, 9.17) is 0 Å². The Morgan fingerprint density at radius 3 is 2.79 bits per heavy atom. The van der Waals surface area contributed by atoms with E-state index < -0.39 is 16.6 Å². The number of fused-ring (bicyclic) bond motifs is 1. The number of nitrogens with one attached hydrogen (secondary N) is 1. The number of nitrogens with zero attached hydrogens (tertiary/aromatic N) is 2. The smallest absolute Gasteiger partial charge is 0.324 e. The summed E-state index contributed by atoms with van der Waals surface area (Å²) < 4.78 is 26.5. The number of aromatic nitrogens is 2. The molecule has 2 aromatic heterocycles. The van der Waals surface area contributed by atoms with Gasteiger partial charge in [0.1, 0.15) is 17.2 Å². The summed E-state index contributed by atoms with van der Waals surface area (Å²) in [4.78, 5) is 17.3. The molecule has 0 atom stereocenters. The van der Waals surface area contributed by atoms with E-state index in [1.54, 1.807) is 0 Å². The number of rotatable bonds is 2. The Bertz CT molecular complexity index is 796. The second-order valence-corrected chi connectivity index (χ2v) is 4.83. The first-order chi connectivity index (χ1) is 9.04. The summed E-state index contributed by atoms with van der Waals surface area (Å²) in [5.74, 6) is -1.21. The topological polar surface area (TPSA) is 71.8 Å². The number of thiophene rings is 1. The molecule has 1 aromatic carbocycles. The van der Waals surface area contributed by atoms with Crippen LogP contribution in [0, 0.1) is 21.7 Å². The molecule has 0 fully saturated rings. The second kappa shape index (κ2) is 4.09. The van der Waals surface area contributed by atoms with E-state index in [1.165, 1.54) is 12.1 Å². The number of imidazole rings is 1. The predicted molar refractivity (Wildman–Crippen MR) is 66.0 cm³/mol. The van der Waals surface area contributed by atoms with Gasteiger partial charge in [0.15, 0.2) is 5.82 Å². The van der Waals surface area contributed by atoms with Crippen molar-refractivity contribution in [2.24, 2.45) is 0 Å². The maximum atomic E-state index is 13.5. The number of halogens is 2. The Morgan fingerprint density at radius 1 is 1.32 bits per heavy atom. The molecule has 0 amide bonds. The van der Waals surface area contributed by atoms with Gasteiger partial charge in [0.05, 0.1) is 15.3 Å². The molecule has 0 aliphatic heterocycles. The minimum Gasteiger partial charge on any atom is -0.337 e. The van der Waals surface area contributed by atoms with Crippen LogP contribution >= 0.6 is 11.3 Å². The van der Waals surface area contributed by atoms with Crippen molar-refractivity contribution in [3.05, 3.63) is 46.0 Å². The molecular weight excluding hydrogens is 276 g/mol. The predicted octanol–water partition coefficient (Wildman–Crippen LogP) is 3.48. The van der Waals surface area contributed by atoms with Crippen LogP contribution in [0.1, 0.15) is 0 Å². The average molecular weight is 281 g/mol. The zero-order chi connectivity index (χ0) is 13.6. The summed E-state index contributed by atoms with van der Waals surface area (Å²) in [6, 6.07) is 4.71. The molecule has 96 valence electrons. The highest BCUT2D eigenvalue weighted by molar-refractivity contribution is 7.18. The number of benzene rings is 1. The Balaban J connectivity index is 2.14. The fraction of sp³-hybridized carbons (Fsp3) is 0. The Morgan fingerprint density at radius 2 is 2.11 bits per heavy atom. The minimum atomic E-state index is -0.774. The lowest BCUT2D eigenvalue weighted by molar-refractivity contribution is -0.380. The van der Waals surface area contributed by atoms with Crippen molar-refractivity contribution in [3.8, 4) is 10.7 Å². The van der Waals surface area contributed by atoms with Gasteiger partial charge in [0.25, 0.3) is 0 Å². The third-order valence-corrected chi connectivity index (χ3v) is 3.55. The van der Waals surface area contributed by atoms with Crippen LogP contribution in [0.5, 0.6) is 0 Å². The fourth-order valence-corrected chi connectivity index (χ4v) is 2.48. The van der Waals surface area contributed by atoms with E-state index in [0.717, 1.165) is 23.5 Å². The lowest BCUT2D eigenvalue weighted by Crippen LogP contribution is -1.81. The van der Waals surface area contributed by atoms with Crippen molar-refractivity contribution in [2.45, 2.75) is 0 Å². The van der Waals surface area contributed by atoms with Gasteiger partial charge < -0.3 is 4.98 Å². The van der Waals surface area contributed by atoms with Gasteiger partial charge in [0.2, 0.25) is 0 Å². The number of aromatic amines is 1. The van der Waals surface area contributed by atoms with Gasteiger partial charge in [-0.2, -0.15) is 0 Å². The summed E-state index contributed by atoms with van der Waals surface area (Å²) in [7, 11) is 0. The molecule has 0 unspecified atom stereocenters. The van der Waals surface area contributed by atoms with Crippen molar-refractivity contribution in [1.82, 2.24) is 9.97 Å². The van der Waals surface area contributed by atoms with E-state index in [0.29, 0.717) is 4.88 Å². The largest absolute Gasteiger partial charge is 0.337 e. The molecule has 0 spiro atoms. The van der Waals surface area contributed by atoms with Crippen molar-refractivity contribution in [3.63, 3.8) is 0 Å². The molecule has 0 radical (unpaired) electrons. The highest BCUT2D eigenvalue weighted by Gasteiger charge is 2.15. The van der Waals surface area contributed by atoms with Gasteiger partial charge in [-0.05, 0) is 12.1 Å². The first-order valence-electron chi connectivity index (χ1n) is 5.14. The monoisotopic (exact) mass is 281 g/mol. The van der Waals surface area contributed by atoms with Gasteiger partial charge in [-0.3, -0.25) is 10.1 Å². The molecular formula is C11H5F2N3O2S. The van der Waals surface area contributed by atoms with E-state index in [1.807, 2.05) is 0 Å². The minimum absolute atomic E-state index is 0.00690. The van der Waals surface area contributed by atoms with Crippen molar-refractivity contribution < 1.29 is 13.7 Å². The average Bonchev–Trinajstić information content (AvgIpc) is 2.92. The van der Waals surface area contributed by atoms with Gasteiger partial charge in [-0.15, -0.1) is 0 Å². The molecule has 19 heavy (non-hydrogen) atoms. The van der Waals surface area contributed by atoms with Gasteiger partial charge in [-0.25, -0.2) is 13.8 Å². The molecule has 5 nitrogen and oxygen atoms in total. The van der Waals surface area contributed by atoms with Crippen LogP contribution in [0.25, 0.3) is 21.7 Å². The summed E-state index contributed by atoms with van der Waals surface area (Å²) in [5, 5.41) is 10.6. The van der Waals surface area contributed by atoms with Crippen LogP contribution in [0.4, 0.5) is 13.8 Å². The van der Waals surface area contributed by atoms with Crippen LogP contribution in [-0.4, -0.2) is 14.9 Å². The number of hydrogen-bond donors (Lipinski definition) is 1. The molecule has 3 aromatic rings. The van der Waals surface area contributed by atoms with E-state index in [-0.39, 0.29) is 21.9 Å². The first kappa shape index (κ1) is 11.7. The molecule has 3 rings (SSSR count). The number of hydrogen-bond acceptors (Lipinski definition) is 4. The van der Waals surface area contributed by atoms with Crippen molar-refractivity contribution in [1.29, 1.82) is 0 Å². The highest BCUT2D eigenvalue weighted by atomic mass is 32.1. The number of nitro groups is 1. The van der Waals surface area contributed by atoms with E-state index in [9.17, 15) is 18.9 Å². The van der Waals surface area contributed by atoms with E-state index in [2.05, 4.69) is 9.97 Å². The third kappa shape index (κ3) is 1.95. The lowest BCUT2D eigenvalue weighted by atomic mass is 10.3. The Labute approximate surface area is 108 Å². The Kier molecular flexibility index (Phi) is 2.53. The molecule has 1 N–H and O–H groups in total. The first-order valence-corrected chi connectivity index (χ1v) is 5.95. The summed E-state index contributed by atoms with van der Waals surface area (Å²) in [5.41, 5.74) is 0.219. The zero-order valence-electron chi connectivity index (χ0n) is 9.18. The highest BCUT2D eigenvalue weighted by Crippen LogP contribution is 2.32. The van der Waals surface area contributed by atoms with Crippen molar-refractivity contribution in [2.75, 3.05) is 0 Å². The van der Waals surface area contributed by atoms with Crippen LogP contribution in [0.2, 0.25) is 0 Å². The van der Waals surface area contributed by atoms with Crippen LogP contribution < -0.4 is 0 Å². The molecule has 0 saturated heterocycles. The van der Waals surface area contributed by atoms with Gasteiger partial charge in [0, 0.05) is 12.1 Å². The molecule has 0 aliphatic rings. The molecule has 0 saturated carbocycles. The second-order valence-electron chi connectivity index (χ2n) is 3.76. The molecule has 8 heteroatoms. The third-order valence-electron chi connectivity index (χ3n) is 2.51. The van der Waals surface area contributed by atoms with Crippen LogP contribution in [-0.2, 0) is 0 Å². The lowest BCUT2D eigenvalue weighted by Gasteiger charge is -1.90. The summed E-state index contributed by atoms with van der Waals surface area (Å²) in [6.07, 6.45) is 0. The fourth-order valence-electron chi connectivity index (χ4n) is 1.71. The van der Waals surface area contributed by atoms with Crippen LogP contribution in [0.3, 0.4) is 0 Å². The summed E-state index contributed by atoms with van der Waals surface area (Å²) >= 11 is 0.910. The normalized spacial score (nSPS) is 11.1. The van der Waals surface area contributed by atoms with Gasteiger partial charge in [-0.1, -0.05) is 11.3 Å². The zero-order valence-corrected chi connectivity index (χ0v) is 10.0. The van der Waals surface area contributed by atoms with Gasteiger partial charge >= 0.3 is 5.00 Å². The maximum absolute atomic E-state index is 13.5. The maximum Gasteiger partial charge on any atom is 0.324 e. The van der Waals surface area contributed by atoms with Crippen molar-refractivity contribution >= 4 is 27.4 Å².